The highest BCUT2D eigenvalue weighted by molar-refractivity contribution is 5.25. The average Bonchev–Trinajstić information content (AvgIpc) is 1.88. The summed E-state index contributed by atoms with van der Waals surface area (Å²) in [6, 6.07) is 0. The van der Waals surface area contributed by atoms with Crippen molar-refractivity contribution in [3.8, 4) is 0 Å². The van der Waals surface area contributed by atoms with Gasteiger partial charge in [0.2, 0.25) is 0 Å². The van der Waals surface area contributed by atoms with Gasteiger partial charge in [-0.1, -0.05) is 36.0 Å². The Bertz CT molecular complexity index is 194. The molecule has 1 rings (SSSR count). The van der Waals surface area contributed by atoms with Crippen LogP contribution in [0.1, 0.15) is 20.3 Å². The maximum atomic E-state index is 3.92. The molecule has 10 heavy (non-hydrogen) atoms. The van der Waals surface area contributed by atoms with Crippen molar-refractivity contribution in [3.05, 3.63) is 36.0 Å². The van der Waals surface area contributed by atoms with Crippen LogP contribution in [-0.2, 0) is 0 Å². The Morgan fingerprint density at radius 1 is 1.70 bits per heavy atom. The van der Waals surface area contributed by atoms with Gasteiger partial charge in [-0.15, -0.1) is 0 Å². The summed E-state index contributed by atoms with van der Waals surface area (Å²) < 4.78 is 0. The van der Waals surface area contributed by atoms with Crippen molar-refractivity contribution in [2.75, 3.05) is 0 Å². The fourth-order valence-corrected chi connectivity index (χ4v) is 1.09. The lowest BCUT2D eigenvalue weighted by Crippen LogP contribution is -1.98. The fourth-order valence-electron chi connectivity index (χ4n) is 1.09. The Hall–Kier alpha value is -0.780. The monoisotopic (exact) mass is 134 g/mol. The third-order valence-electron chi connectivity index (χ3n) is 1.92. The molecule has 0 saturated carbocycles. The largest absolute Gasteiger partial charge is 0.0995 e. The molecule has 1 aliphatic rings. The Balaban J connectivity index is 2.60. The van der Waals surface area contributed by atoms with E-state index in [0.29, 0.717) is 5.92 Å². The normalized spacial score (nSPS) is 24.2. The van der Waals surface area contributed by atoms with Crippen LogP contribution in [0.5, 0.6) is 0 Å². The minimum Gasteiger partial charge on any atom is -0.0995 e. The van der Waals surface area contributed by atoms with E-state index in [9.17, 15) is 0 Å². The zero-order chi connectivity index (χ0) is 7.56. The molecule has 1 unspecified atom stereocenters. The lowest BCUT2D eigenvalue weighted by molar-refractivity contribution is 0.764. The van der Waals surface area contributed by atoms with Gasteiger partial charge in [0.05, 0.1) is 0 Å². The second-order valence-corrected chi connectivity index (χ2v) is 3.00. The predicted octanol–water partition coefficient (Wildman–Crippen LogP) is 3.08. The van der Waals surface area contributed by atoms with Crippen LogP contribution >= 0.6 is 0 Å². The van der Waals surface area contributed by atoms with E-state index in [2.05, 4.69) is 38.7 Å². The maximum Gasteiger partial charge on any atom is 0.000921 e. The lowest BCUT2D eigenvalue weighted by Gasteiger charge is -2.13. The number of hydrogen-bond acceptors (Lipinski definition) is 0. The molecule has 0 heterocycles. The summed E-state index contributed by atoms with van der Waals surface area (Å²) in [6.45, 7) is 8.14. The van der Waals surface area contributed by atoms with Crippen LogP contribution in [0.3, 0.4) is 0 Å². The molecule has 54 valence electrons. The Labute approximate surface area is 62.9 Å². The maximum absolute atomic E-state index is 3.92. The molecule has 0 radical (unpaired) electrons. The first kappa shape index (κ1) is 7.33. The summed E-state index contributed by atoms with van der Waals surface area (Å²) in [6.07, 6.45) is 7.80. The quantitative estimate of drug-likeness (QED) is 0.483. The molecule has 0 aromatic rings. The van der Waals surface area contributed by atoms with E-state index in [-0.39, 0.29) is 0 Å². The summed E-state index contributed by atoms with van der Waals surface area (Å²) in [5.41, 5.74) is 2.64. The summed E-state index contributed by atoms with van der Waals surface area (Å²) in [5, 5.41) is 0. The smallest absolute Gasteiger partial charge is 0.000921 e. The van der Waals surface area contributed by atoms with Gasteiger partial charge in [-0.05, 0) is 20.3 Å². The zero-order valence-corrected chi connectivity index (χ0v) is 6.72. The van der Waals surface area contributed by atoms with Crippen molar-refractivity contribution in [3.63, 3.8) is 0 Å². The molecule has 0 nitrogen and oxygen atoms in total. The summed E-state index contributed by atoms with van der Waals surface area (Å²) in [5.74, 6) is 0.587. The Morgan fingerprint density at radius 2 is 2.40 bits per heavy atom. The van der Waals surface area contributed by atoms with Gasteiger partial charge in [0.15, 0.2) is 0 Å². The van der Waals surface area contributed by atoms with Crippen LogP contribution in [0.25, 0.3) is 0 Å². The first-order valence-corrected chi connectivity index (χ1v) is 3.70. The van der Waals surface area contributed by atoms with E-state index in [1.165, 1.54) is 11.1 Å². The van der Waals surface area contributed by atoms with Gasteiger partial charge in [0.25, 0.3) is 0 Å². The topological polar surface area (TPSA) is 0 Å². The molecule has 0 spiro atoms. The van der Waals surface area contributed by atoms with Crippen LogP contribution in [0.15, 0.2) is 36.0 Å². The molecule has 0 aromatic carbocycles. The summed E-state index contributed by atoms with van der Waals surface area (Å²) >= 11 is 0. The molecule has 0 fully saturated rings. The molecule has 0 bridgehead atoms. The van der Waals surface area contributed by atoms with Crippen molar-refractivity contribution in [1.29, 1.82) is 0 Å². The van der Waals surface area contributed by atoms with Crippen LogP contribution in [0.2, 0.25) is 0 Å². The van der Waals surface area contributed by atoms with E-state index in [1.807, 2.05) is 0 Å². The SMILES string of the molecule is C=C(C)C1C=CC(C)=CC1. The molecule has 1 atom stereocenters. The fraction of sp³-hybridized carbons (Fsp3) is 0.400. The van der Waals surface area contributed by atoms with Gasteiger partial charge in [-0.3, -0.25) is 0 Å². The third kappa shape index (κ3) is 1.60. The molecule has 0 heteroatoms. The summed E-state index contributed by atoms with van der Waals surface area (Å²) in [4.78, 5) is 0. The van der Waals surface area contributed by atoms with Crippen LogP contribution in [-0.4, -0.2) is 0 Å². The van der Waals surface area contributed by atoms with E-state index in [0.717, 1.165) is 6.42 Å². The van der Waals surface area contributed by atoms with E-state index < -0.39 is 0 Å². The van der Waals surface area contributed by atoms with E-state index >= 15 is 0 Å². The van der Waals surface area contributed by atoms with Crippen LogP contribution < -0.4 is 0 Å². The highest BCUT2D eigenvalue weighted by Crippen LogP contribution is 2.21. The van der Waals surface area contributed by atoms with Gasteiger partial charge < -0.3 is 0 Å². The molecule has 1 aliphatic carbocycles. The number of rotatable bonds is 1. The number of hydrogen-bond donors (Lipinski definition) is 0. The van der Waals surface area contributed by atoms with Crippen molar-refractivity contribution in [1.82, 2.24) is 0 Å². The lowest BCUT2D eigenvalue weighted by atomic mass is 9.92. The predicted molar refractivity (Wildman–Crippen MR) is 45.8 cm³/mol. The van der Waals surface area contributed by atoms with Gasteiger partial charge in [-0.25, -0.2) is 0 Å². The van der Waals surface area contributed by atoms with Gasteiger partial charge in [0, 0.05) is 5.92 Å². The molecule has 0 amide bonds. The molecule has 0 N–H and O–H groups in total. The molecular formula is C10H14. The van der Waals surface area contributed by atoms with Crippen LogP contribution in [0.4, 0.5) is 0 Å². The molecule has 0 aromatic heterocycles. The third-order valence-corrected chi connectivity index (χ3v) is 1.92. The molecule has 0 aliphatic heterocycles. The van der Waals surface area contributed by atoms with E-state index in [4.69, 9.17) is 0 Å². The molecular weight excluding hydrogens is 120 g/mol. The van der Waals surface area contributed by atoms with Crippen molar-refractivity contribution >= 4 is 0 Å². The van der Waals surface area contributed by atoms with Crippen molar-refractivity contribution in [2.45, 2.75) is 20.3 Å². The van der Waals surface area contributed by atoms with E-state index in [1.54, 1.807) is 0 Å². The van der Waals surface area contributed by atoms with Crippen molar-refractivity contribution in [2.24, 2.45) is 5.92 Å². The Morgan fingerprint density at radius 3 is 2.80 bits per heavy atom. The van der Waals surface area contributed by atoms with Crippen molar-refractivity contribution < 1.29 is 0 Å². The number of allylic oxidation sites excluding steroid dienone is 5. The second-order valence-electron chi connectivity index (χ2n) is 3.00. The zero-order valence-electron chi connectivity index (χ0n) is 6.72. The standard InChI is InChI=1S/C10H14/c1-8(2)10-6-4-9(3)5-7-10/h4-6,10H,1,7H2,2-3H3. The Kier molecular flexibility index (Phi) is 2.10. The summed E-state index contributed by atoms with van der Waals surface area (Å²) in [7, 11) is 0. The second kappa shape index (κ2) is 2.87. The van der Waals surface area contributed by atoms with Gasteiger partial charge >= 0.3 is 0 Å². The van der Waals surface area contributed by atoms with Gasteiger partial charge in [-0.2, -0.15) is 0 Å². The molecule has 0 saturated heterocycles. The van der Waals surface area contributed by atoms with Gasteiger partial charge in [0.1, 0.15) is 0 Å². The highest BCUT2D eigenvalue weighted by atomic mass is 14.1. The average molecular weight is 134 g/mol. The minimum absolute atomic E-state index is 0.587. The minimum atomic E-state index is 0.587. The first-order chi connectivity index (χ1) is 4.70. The first-order valence-electron chi connectivity index (χ1n) is 3.70. The highest BCUT2D eigenvalue weighted by Gasteiger charge is 2.05. The van der Waals surface area contributed by atoms with Crippen LogP contribution in [0, 0.1) is 5.92 Å².